The summed E-state index contributed by atoms with van der Waals surface area (Å²) in [5.74, 6) is 0.291. The topological polar surface area (TPSA) is 211 Å². The third-order valence-electron chi connectivity index (χ3n) is 14.0. The number of nitrogens with one attached hydrogen (secondary N) is 4. The first-order valence-electron chi connectivity index (χ1n) is 23.4. The molecule has 4 fully saturated rings. The predicted molar refractivity (Wildman–Crippen MR) is 261 cm³/mol. The Kier molecular flexibility index (Phi) is 16.3. The van der Waals surface area contributed by atoms with E-state index in [1.165, 1.54) is 0 Å². The van der Waals surface area contributed by atoms with Crippen LogP contribution in [0.15, 0.2) is 66.7 Å². The lowest BCUT2D eigenvalue weighted by Gasteiger charge is -2.62. The molecule has 3 amide bonds. The SMILES string of the molecule is COc1c(CN2O[C@@H](CO)[C@H]([C@H](C)O)[C@H]2C(=O)N[C@H]2C[C@H]3C[C@@H]([C@@H]2C)C3(C)C)cccc1-c1cc(C(=O)N[C@H](CN(C)C)[C@@H](NS(=O)(=O)NC(=O)OC(C)(C)C)c2ccccc2)cc(N(C)C)c1. The number of hydrogen-bond donors (Lipinski definition) is 6. The number of para-hydroxylation sites is 1. The van der Waals surface area contributed by atoms with Gasteiger partial charge in [-0.25, -0.2) is 9.52 Å². The van der Waals surface area contributed by atoms with E-state index >= 15 is 0 Å². The fraction of sp³-hybridized carbons (Fsp3) is 0.580. The Morgan fingerprint density at radius 3 is 2.26 bits per heavy atom. The summed E-state index contributed by atoms with van der Waals surface area (Å²) in [6.45, 7) is 13.2. The summed E-state index contributed by atoms with van der Waals surface area (Å²) in [5.41, 5.74) is 2.70. The molecule has 0 spiro atoms. The van der Waals surface area contributed by atoms with Gasteiger partial charge in [-0.2, -0.15) is 18.2 Å². The number of nitrogens with zero attached hydrogens (tertiary/aromatic N) is 3. The first-order chi connectivity index (χ1) is 31.8. The molecule has 374 valence electrons. The summed E-state index contributed by atoms with van der Waals surface area (Å²) in [5, 5.41) is 29.5. The number of rotatable bonds is 18. The zero-order valence-corrected chi connectivity index (χ0v) is 42.4. The van der Waals surface area contributed by atoms with Crippen molar-refractivity contribution >= 4 is 33.8 Å². The van der Waals surface area contributed by atoms with Crippen molar-refractivity contribution in [2.75, 3.05) is 53.4 Å². The van der Waals surface area contributed by atoms with Gasteiger partial charge in [-0.3, -0.25) is 14.4 Å². The second-order valence-electron chi connectivity index (χ2n) is 20.9. The first-order valence-corrected chi connectivity index (χ1v) is 24.9. The smallest absolute Gasteiger partial charge is 0.422 e. The van der Waals surface area contributed by atoms with Crippen molar-refractivity contribution < 1.29 is 47.3 Å². The van der Waals surface area contributed by atoms with Gasteiger partial charge >= 0.3 is 16.3 Å². The Morgan fingerprint density at radius 1 is 1.00 bits per heavy atom. The molecule has 0 unspecified atom stereocenters. The molecule has 1 heterocycles. The lowest BCUT2D eigenvalue weighted by atomic mass is 9.45. The van der Waals surface area contributed by atoms with E-state index in [9.17, 15) is 33.0 Å². The van der Waals surface area contributed by atoms with Crippen molar-refractivity contribution in [2.45, 2.75) is 110 Å². The third kappa shape index (κ3) is 11.9. The van der Waals surface area contributed by atoms with Crippen molar-refractivity contribution in [3.05, 3.63) is 83.4 Å². The molecule has 3 aromatic rings. The van der Waals surface area contributed by atoms with Crippen LogP contribution < -0.4 is 29.7 Å². The number of likely N-dealkylation sites (N-methyl/N-ethyl adjacent to an activating group) is 1. The minimum atomic E-state index is -4.52. The van der Waals surface area contributed by atoms with Crippen LogP contribution in [0.2, 0.25) is 0 Å². The van der Waals surface area contributed by atoms with E-state index in [2.05, 4.69) is 36.1 Å². The van der Waals surface area contributed by atoms with Gasteiger partial charge < -0.3 is 40.1 Å². The zero-order chi connectivity index (χ0) is 50.0. The van der Waals surface area contributed by atoms with E-state index in [0.717, 1.165) is 12.8 Å². The fourth-order valence-corrected chi connectivity index (χ4v) is 11.5. The van der Waals surface area contributed by atoms with E-state index in [1.54, 1.807) is 96.4 Å². The Morgan fingerprint density at radius 2 is 1.69 bits per heavy atom. The minimum absolute atomic E-state index is 0.0231. The van der Waals surface area contributed by atoms with Gasteiger partial charge in [-0.1, -0.05) is 69.3 Å². The number of methoxy groups -OCH3 is 1. The summed E-state index contributed by atoms with van der Waals surface area (Å²) in [6.07, 6.45) is -0.911. The maximum atomic E-state index is 14.6. The highest BCUT2D eigenvalue weighted by Crippen LogP contribution is 2.61. The van der Waals surface area contributed by atoms with Crippen molar-refractivity contribution in [3.8, 4) is 16.9 Å². The highest BCUT2D eigenvalue weighted by molar-refractivity contribution is 7.88. The summed E-state index contributed by atoms with van der Waals surface area (Å²) in [7, 11) is 4.33. The van der Waals surface area contributed by atoms with Gasteiger partial charge in [-0.05, 0) is 107 Å². The number of hydroxylamine groups is 2. The van der Waals surface area contributed by atoms with Crippen LogP contribution in [0.3, 0.4) is 0 Å². The van der Waals surface area contributed by atoms with Gasteiger partial charge in [0, 0.05) is 55.0 Å². The lowest BCUT2D eigenvalue weighted by Crippen LogP contribution is -2.62. The molecule has 17 nitrogen and oxygen atoms in total. The van der Waals surface area contributed by atoms with Crippen molar-refractivity contribution in [1.82, 2.24) is 30.0 Å². The standard InChI is InChI=1S/C50H73N7O10S/c1-29-38-24-35(50(38,6)7)25-39(29)51-47(61)44-42(30(2)59)41(28-58)67-57(44)26-32-19-16-20-37(45(32)65-12)33-21-34(23-36(22-33)56(10)11)46(60)52-40(27-55(8)9)43(31-17-14-13-15-18-31)53-68(63,64)54-48(62)66-49(3,4)5/h13-23,29-30,35,38-44,53,58-59H,24-28H2,1-12H3,(H,51,61)(H,52,60)(H,54,62)/t29-,30-,35+,38-,39-,40+,41-,42-,43-,44-/m0/s1. The van der Waals surface area contributed by atoms with Crippen LogP contribution in [-0.2, 0) is 31.1 Å². The summed E-state index contributed by atoms with van der Waals surface area (Å²) in [4.78, 5) is 51.6. The van der Waals surface area contributed by atoms with Crippen LogP contribution in [0.4, 0.5) is 10.5 Å². The van der Waals surface area contributed by atoms with E-state index in [1.807, 2.05) is 52.9 Å². The Bertz CT molecular complexity index is 2370. The number of ether oxygens (including phenoxy) is 2. The Labute approximate surface area is 402 Å². The van der Waals surface area contributed by atoms with E-state index in [0.29, 0.717) is 45.5 Å². The molecule has 6 N–H and O–H groups in total. The van der Waals surface area contributed by atoms with E-state index in [4.69, 9.17) is 14.3 Å². The number of carbonyl (C=O) groups excluding carboxylic acids is 3. The molecule has 3 saturated carbocycles. The highest BCUT2D eigenvalue weighted by atomic mass is 32.2. The summed E-state index contributed by atoms with van der Waals surface area (Å²) in [6, 6.07) is 16.9. The molecule has 3 aliphatic carbocycles. The largest absolute Gasteiger partial charge is 0.496 e. The maximum Gasteiger partial charge on any atom is 0.422 e. The molecule has 2 bridgehead atoms. The molecule has 3 aromatic carbocycles. The average Bonchev–Trinajstić information content (AvgIpc) is 3.63. The van der Waals surface area contributed by atoms with Crippen LogP contribution in [0, 0.1) is 29.1 Å². The minimum Gasteiger partial charge on any atom is -0.496 e. The molecule has 68 heavy (non-hydrogen) atoms. The van der Waals surface area contributed by atoms with Gasteiger partial charge in [0.25, 0.3) is 5.91 Å². The summed E-state index contributed by atoms with van der Waals surface area (Å²) < 4.78 is 42.9. The van der Waals surface area contributed by atoms with Crippen LogP contribution in [-0.4, -0.2) is 131 Å². The van der Waals surface area contributed by atoms with Crippen LogP contribution in [0.5, 0.6) is 5.75 Å². The number of benzene rings is 3. The average molecular weight is 964 g/mol. The Hall–Kier alpha value is -4.82. The predicted octanol–water partition coefficient (Wildman–Crippen LogP) is 4.85. The second kappa shape index (κ2) is 21.0. The molecule has 0 radical (unpaired) electrons. The number of hydrogen-bond acceptors (Lipinski definition) is 13. The van der Waals surface area contributed by atoms with Crippen molar-refractivity contribution in [2.24, 2.45) is 29.1 Å². The van der Waals surface area contributed by atoms with Crippen LogP contribution in [0.1, 0.15) is 88.8 Å². The maximum absolute atomic E-state index is 14.6. The molecule has 0 aromatic heterocycles. The van der Waals surface area contributed by atoms with E-state index in [-0.39, 0.29) is 41.9 Å². The van der Waals surface area contributed by atoms with Gasteiger partial charge in [-0.15, -0.1) is 0 Å². The number of carbonyl (C=O) groups is 3. The molecule has 10 atom stereocenters. The van der Waals surface area contributed by atoms with Crippen LogP contribution >= 0.6 is 0 Å². The third-order valence-corrected chi connectivity index (χ3v) is 15.0. The molecular formula is C50H73N7O10S. The number of fused-ring (bicyclic) bond motifs is 2. The number of aliphatic hydroxyl groups is 2. The molecule has 1 aliphatic heterocycles. The quantitative estimate of drug-likeness (QED) is 0.101. The molecule has 18 heteroatoms. The first kappa shape index (κ1) is 52.5. The van der Waals surface area contributed by atoms with Gasteiger partial charge in [0.15, 0.2) is 0 Å². The zero-order valence-electron chi connectivity index (χ0n) is 41.6. The fourth-order valence-electron chi connectivity index (χ4n) is 10.5. The molecular weight excluding hydrogens is 891 g/mol. The van der Waals surface area contributed by atoms with Crippen molar-refractivity contribution in [3.63, 3.8) is 0 Å². The number of amides is 3. The normalized spacial score (nSPS) is 24.8. The number of aliphatic hydroxyl groups excluding tert-OH is 2. The van der Waals surface area contributed by atoms with Gasteiger partial charge in [0.2, 0.25) is 5.91 Å². The Balaban J connectivity index is 1.31. The van der Waals surface area contributed by atoms with E-state index < -0.39 is 70.7 Å². The van der Waals surface area contributed by atoms with Gasteiger partial charge in [0.05, 0.1) is 38.4 Å². The van der Waals surface area contributed by atoms with Crippen molar-refractivity contribution in [1.29, 1.82) is 0 Å². The molecule has 7 rings (SSSR count). The van der Waals surface area contributed by atoms with Gasteiger partial charge in [0.1, 0.15) is 23.5 Å². The van der Waals surface area contributed by atoms with Crippen LogP contribution in [0.25, 0.3) is 11.1 Å². The lowest BCUT2D eigenvalue weighted by molar-refractivity contribution is -0.183. The number of anilines is 1. The molecule has 4 aliphatic rings. The highest BCUT2D eigenvalue weighted by Gasteiger charge is 2.57. The molecule has 1 saturated heterocycles. The summed E-state index contributed by atoms with van der Waals surface area (Å²) >= 11 is 0. The second-order valence-corrected chi connectivity index (χ2v) is 22.3. The monoisotopic (exact) mass is 964 g/mol.